The number of benzene rings is 1. The third-order valence-corrected chi connectivity index (χ3v) is 3.77. The Balaban J connectivity index is 2.37. The zero-order chi connectivity index (χ0) is 11.8. The summed E-state index contributed by atoms with van der Waals surface area (Å²) >= 11 is 0. The molecule has 0 N–H and O–H groups in total. The smallest absolute Gasteiger partial charge is 0.122 e. The van der Waals surface area contributed by atoms with Crippen LogP contribution >= 0.6 is 0 Å². The highest BCUT2D eigenvalue weighted by Crippen LogP contribution is 2.45. The van der Waals surface area contributed by atoms with Crippen molar-refractivity contribution in [3.8, 4) is 5.75 Å². The van der Waals surface area contributed by atoms with E-state index in [4.69, 9.17) is 4.74 Å². The van der Waals surface area contributed by atoms with E-state index >= 15 is 0 Å². The molecule has 1 heteroatoms. The van der Waals surface area contributed by atoms with Crippen molar-refractivity contribution < 1.29 is 4.74 Å². The lowest BCUT2D eigenvalue weighted by Crippen LogP contribution is -2.35. The lowest BCUT2D eigenvalue weighted by molar-refractivity contribution is 0.0966. The van der Waals surface area contributed by atoms with Gasteiger partial charge in [-0.1, -0.05) is 45.9 Å². The van der Waals surface area contributed by atoms with Gasteiger partial charge in [0.15, 0.2) is 0 Å². The summed E-state index contributed by atoms with van der Waals surface area (Å²) in [6.45, 7) is 10.1. The Bertz CT molecular complexity index is 362. The normalized spacial score (nSPS) is 24.8. The first kappa shape index (κ1) is 11.5. The van der Waals surface area contributed by atoms with Gasteiger partial charge in [0.1, 0.15) is 5.75 Å². The minimum absolute atomic E-state index is 0.314. The molecule has 16 heavy (non-hydrogen) atoms. The Kier molecular flexibility index (Phi) is 2.96. The Morgan fingerprint density at radius 2 is 1.94 bits per heavy atom. The largest absolute Gasteiger partial charge is 0.493 e. The number of rotatable bonds is 1. The molecule has 0 radical (unpaired) electrons. The number of hydrogen-bond acceptors (Lipinski definition) is 1. The van der Waals surface area contributed by atoms with E-state index < -0.39 is 0 Å². The van der Waals surface area contributed by atoms with Crippen molar-refractivity contribution in [1.82, 2.24) is 0 Å². The van der Waals surface area contributed by atoms with Crippen molar-refractivity contribution in [3.63, 3.8) is 0 Å². The van der Waals surface area contributed by atoms with Gasteiger partial charge >= 0.3 is 0 Å². The molecule has 1 heterocycles. The molecule has 1 nitrogen and oxygen atoms in total. The van der Waals surface area contributed by atoms with E-state index in [0.717, 1.165) is 12.4 Å². The van der Waals surface area contributed by atoms with Gasteiger partial charge in [0, 0.05) is 5.92 Å². The van der Waals surface area contributed by atoms with Crippen LogP contribution in [0.3, 0.4) is 0 Å². The van der Waals surface area contributed by atoms with E-state index in [0.29, 0.717) is 17.3 Å². The molecule has 0 unspecified atom stereocenters. The Morgan fingerprint density at radius 1 is 1.25 bits per heavy atom. The lowest BCUT2D eigenvalue weighted by Gasteiger charge is -2.40. The SMILES string of the molecule is CC[C@H]1c2ccccc2OC[C@H]1C(C)(C)C. The molecule has 1 aromatic rings. The van der Waals surface area contributed by atoms with E-state index in [-0.39, 0.29) is 0 Å². The summed E-state index contributed by atoms with van der Waals surface area (Å²) in [5.74, 6) is 2.35. The molecule has 2 rings (SSSR count). The zero-order valence-corrected chi connectivity index (χ0v) is 10.8. The van der Waals surface area contributed by atoms with Crippen LogP contribution in [-0.2, 0) is 0 Å². The molecule has 0 fully saturated rings. The monoisotopic (exact) mass is 218 g/mol. The summed E-state index contributed by atoms with van der Waals surface area (Å²) < 4.78 is 5.89. The topological polar surface area (TPSA) is 9.23 Å². The second-order valence-corrected chi connectivity index (χ2v) is 5.84. The first-order valence-electron chi connectivity index (χ1n) is 6.25. The molecule has 88 valence electrons. The number of hydrogen-bond donors (Lipinski definition) is 0. The van der Waals surface area contributed by atoms with Gasteiger partial charge in [0.2, 0.25) is 0 Å². The van der Waals surface area contributed by atoms with Crippen LogP contribution in [-0.4, -0.2) is 6.61 Å². The van der Waals surface area contributed by atoms with E-state index in [1.807, 2.05) is 0 Å². The molecule has 2 atom stereocenters. The number of ether oxygens (including phenoxy) is 1. The second kappa shape index (κ2) is 4.12. The quantitative estimate of drug-likeness (QED) is 0.685. The van der Waals surface area contributed by atoms with Crippen LogP contribution in [0.4, 0.5) is 0 Å². The summed E-state index contributed by atoms with van der Waals surface area (Å²) in [6.07, 6.45) is 1.20. The number of fused-ring (bicyclic) bond motifs is 1. The van der Waals surface area contributed by atoms with Crippen molar-refractivity contribution in [2.24, 2.45) is 11.3 Å². The molecule has 0 saturated heterocycles. The Morgan fingerprint density at radius 3 is 2.56 bits per heavy atom. The van der Waals surface area contributed by atoms with E-state index in [2.05, 4.69) is 52.0 Å². The van der Waals surface area contributed by atoms with Crippen LogP contribution in [0.15, 0.2) is 24.3 Å². The molecule has 0 saturated carbocycles. The molecular formula is C15H22O. The van der Waals surface area contributed by atoms with Crippen molar-refractivity contribution in [3.05, 3.63) is 29.8 Å². The average molecular weight is 218 g/mol. The van der Waals surface area contributed by atoms with Crippen LogP contribution in [0.25, 0.3) is 0 Å². The molecule has 0 aromatic heterocycles. The molecule has 1 aromatic carbocycles. The summed E-state index contributed by atoms with van der Waals surface area (Å²) in [7, 11) is 0. The van der Waals surface area contributed by atoms with Crippen LogP contribution < -0.4 is 4.74 Å². The van der Waals surface area contributed by atoms with Gasteiger partial charge in [-0.05, 0) is 29.4 Å². The number of para-hydroxylation sites is 1. The predicted molar refractivity (Wildman–Crippen MR) is 67.9 cm³/mol. The Labute approximate surface area is 98.8 Å². The molecule has 0 aliphatic carbocycles. The molecular weight excluding hydrogens is 196 g/mol. The van der Waals surface area contributed by atoms with E-state index in [1.54, 1.807) is 0 Å². The van der Waals surface area contributed by atoms with Crippen molar-refractivity contribution in [2.75, 3.05) is 6.61 Å². The fraction of sp³-hybridized carbons (Fsp3) is 0.600. The van der Waals surface area contributed by atoms with E-state index in [1.165, 1.54) is 12.0 Å². The molecule has 0 bridgehead atoms. The minimum atomic E-state index is 0.314. The lowest BCUT2D eigenvalue weighted by atomic mass is 9.69. The molecule has 0 amide bonds. The van der Waals surface area contributed by atoms with Gasteiger partial charge < -0.3 is 4.74 Å². The van der Waals surface area contributed by atoms with Crippen molar-refractivity contribution in [2.45, 2.75) is 40.0 Å². The maximum atomic E-state index is 5.89. The van der Waals surface area contributed by atoms with Crippen LogP contribution in [0.2, 0.25) is 0 Å². The van der Waals surface area contributed by atoms with Crippen molar-refractivity contribution in [1.29, 1.82) is 0 Å². The Hall–Kier alpha value is -0.980. The summed E-state index contributed by atoms with van der Waals surface area (Å²) in [5, 5.41) is 0. The van der Waals surface area contributed by atoms with Crippen molar-refractivity contribution >= 4 is 0 Å². The van der Waals surface area contributed by atoms with Gasteiger partial charge in [-0.2, -0.15) is 0 Å². The molecule has 1 aliphatic rings. The minimum Gasteiger partial charge on any atom is -0.493 e. The van der Waals surface area contributed by atoms with Gasteiger partial charge in [-0.15, -0.1) is 0 Å². The third kappa shape index (κ3) is 1.95. The highest BCUT2D eigenvalue weighted by Gasteiger charge is 2.36. The van der Waals surface area contributed by atoms with Gasteiger partial charge in [-0.25, -0.2) is 0 Å². The maximum Gasteiger partial charge on any atom is 0.122 e. The summed E-state index contributed by atoms with van der Waals surface area (Å²) in [4.78, 5) is 0. The third-order valence-electron chi connectivity index (χ3n) is 3.77. The van der Waals surface area contributed by atoms with Gasteiger partial charge in [0.05, 0.1) is 6.61 Å². The highest BCUT2D eigenvalue weighted by atomic mass is 16.5. The van der Waals surface area contributed by atoms with Crippen LogP contribution in [0.5, 0.6) is 5.75 Å². The predicted octanol–water partition coefficient (Wildman–Crippen LogP) is 4.23. The first-order valence-corrected chi connectivity index (χ1v) is 6.25. The van der Waals surface area contributed by atoms with Crippen LogP contribution in [0, 0.1) is 11.3 Å². The summed E-state index contributed by atoms with van der Waals surface area (Å²) in [5.41, 5.74) is 1.71. The molecule has 1 aliphatic heterocycles. The standard InChI is InChI=1S/C15H22O/c1-5-11-12-8-6-7-9-14(12)16-10-13(11)15(2,3)4/h6-9,11,13H,5,10H2,1-4H3/t11-,13+/m0/s1. The highest BCUT2D eigenvalue weighted by molar-refractivity contribution is 5.38. The van der Waals surface area contributed by atoms with E-state index in [9.17, 15) is 0 Å². The second-order valence-electron chi connectivity index (χ2n) is 5.84. The fourth-order valence-electron chi connectivity index (χ4n) is 2.79. The summed E-state index contributed by atoms with van der Waals surface area (Å²) in [6, 6.07) is 8.50. The fourth-order valence-corrected chi connectivity index (χ4v) is 2.79. The average Bonchev–Trinajstić information content (AvgIpc) is 2.26. The maximum absolute atomic E-state index is 5.89. The first-order chi connectivity index (χ1) is 7.54. The van der Waals surface area contributed by atoms with Gasteiger partial charge in [0.25, 0.3) is 0 Å². The van der Waals surface area contributed by atoms with Crippen LogP contribution in [0.1, 0.15) is 45.6 Å². The molecule has 0 spiro atoms. The zero-order valence-electron chi connectivity index (χ0n) is 10.8. The van der Waals surface area contributed by atoms with Gasteiger partial charge in [-0.3, -0.25) is 0 Å².